The number of carbonyl (C=O) groups excluding carboxylic acids is 1. The molecule has 0 aliphatic heterocycles. The number of amides is 1. The van der Waals surface area contributed by atoms with E-state index in [-0.39, 0.29) is 18.9 Å². The molecule has 1 aromatic rings. The fourth-order valence-corrected chi connectivity index (χ4v) is 2.16. The van der Waals surface area contributed by atoms with Crippen molar-refractivity contribution in [2.45, 2.75) is 19.3 Å². The molecule has 0 aromatic heterocycles. The highest BCUT2D eigenvalue weighted by atomic mass is 16.5. The molecule has 0 spiro atoms. The Morgan fingerprint density at radius 1 is 1.50 bits per heavy atom. The van der Waals surface area contributed by atoms with Crippen LogP contribution in [0.15, 0.2) is 23.4 Å². The fraction of sp³-hybridized carbons (Fsp3) is 0.357. The molecule has 104 valence electrons. The van der Waals surface area contributed by atoms with Gasteiger partial charge in [-0.1, -0.05) is 17.3 Å². The zero-order chi connectivity index (χ0) is 14.4. The van der Waals surface area contributed by atoms with Crippen molar-refractivity contribution in [1.82, 2.24) is 5.32 Å². The molecule has 6 heteroatoms. The number of fused-ring (bicyclic) bond motifs is 1. The maximum Gasteiger partial charge on any atom is 0.257 e. The highest BCUT2D eigenvalue weighted by molar-refractivity contribution is 6.04. The van der Waals surface area contributed by atoms with Crippen LogP contribution in [0.2, 0.25) is 0 Å². The van der Waals surface area contributed by atoms with E-state index >= 15 is 0 Å². The van der Waals surface area contributed by atoms with Crippen LogP contribution >= 0.6 is 0 Å². The van der Waals surface area contributed by atoms with Crippen molar-refractivity contribution >= 4 is 11.6 Å². The number of rotatable bonds is 5. The lowest BCUT2D eigenvalue weighted by Crippen LogP contribution is -2.29. The lowest BCUT2D eigenvalue weighted by molar-refractivity contribution is -0.123. The number of ether oxygens (including phenoxy) is 1. The number of hydrogen-bond acceptors (Lipinski definition) is 5. The first-order chi connectivity index (χ1) is 9.76. The summed E-state index contributed by atoms with van der Waals surface area (Å²) in [6.07, 6.45) is 1.68. The van der Waals surface area contributed by atoms with Gasteiger partial charge in [-0.2, -0.15) is 5.26 Å². The van der Waals surface area contributed by atoms with E-state index in [4.69, 9.17) is 15.2 Å². The molecule has 20 heavy (non-hydrogen) atoms. The average molecular weight is 273 g/mol. The van der Waals surface area contributed by atoms with Crippen molar-refractivity contribution in [2.75, 3.05) is 13.2 Å². The third-order valence-electron chi connectivity index (χ3n) is 3.09. The van der Waals surface area contributed by atoms with E-state index in [0.717, 1.165) is 17.5 Å². The van der Waals surface area contributed by atoms with E-state index in [2.05, 4.69) is 10.5 Å². The van der Waals surface area contributed by atoms with E-state index in [1.54, 1.807) is 12.1 Å². The summed E-state index contributed by atoms with van der Waals surface area (Å²) >= 11 is 0. The van der Waals surface area contributed by atoms with Gasteiger partial charge in [0, 0.05) is 17.7 Å². The van der Waals surface area contributed by atoms with Crippen LogP contribution in [-0.4, -0.2) is 30.0 Å². The SMILES string of the molecule is N#CCCNC(=O)COc1cccc2c1CCC2=NO. The molecular weight excluding hydrogens is 258 g/mol. The standard InChI is InChI=1S/C14H15N3O3/c15-7-2-8-16-14(18)9-20-13-4-1-3-10-11(13)5-6-12(10)17-19/h1,3-4,19H,2,5-6,8-9H2,(H,16,18). The Hall–Kier alpha value is -2.55. The normalized spacial score (nSPS) is 14.7. The predicted molar refractivity (Wildman–Crippen MR) is 71.8 cm³/mol. The first-order valence-corrected chi connectivity index (χ1v) is 6.36. The average Bonchev–Trinajstić information content (AvgIpc) is 2.89. The van der Waals surface area contributed by atoms with Gasteiger partial charge in [-0.25, -0.2) is 0 Å². The third kappa shape index (κ3) is 3.06. The van der Waals surface area contributed by atoms with Gasteiger partial charge < -0.3 is 15.3 Å². The Balaban J connectivity index is 1.97. The van der Waals surface area contributed by atoms with Gasteiger partial charge in [0.2, 0.25) is 0 Å². The minimum Gasteiger partial charge on any atom is -0.483 e. The molecule has 2 N–H and O–H groups in total. The number of nitrogens with one attached hydrogen (secondary N) is 1. The Morgan fingerprint density at radius 3 is 3.10 bits per heavy atom. The molecule has 6 nitrogen and oxygen atoms in total. The van der Waals surface area contributed by atoms with Crippen LogP contribution < -0.4 is 10.1 Å². The number of nitrogens with zero attached hydrogens (tertiary/aromatic N) is 2. The van der Waals surface area contributed by atoms with Gasteiger partial charge in [-0.3, -0.25) is 4.79 Å². The van der Waals surface area contributed by atoms with Crippen LogP contribution in [-0.2, 0) is 11.2 Å². The second-order valence-corrected chi connectivity index (χ2v) is 4.38. The summed E-state index contributed by atoms with van der Waals surface area (Å²) < 4.78 is 5.50. The quantitative estimate of drug-likeness (QED) is 0.479. The second-order valence-electron chi connectivity index (χ2n) is 4.38. The minimum absolute atomic E-state index is 0.0898. The summed E-state index contributed by atoms with van der Waals surface area (Å²) in [5.74, 6) is 0.378. The van der Waals surface area contributed by atoms with E-state index < -0.39 is 0 Å². The van der Waals surface area contributed by atoms with Gasteiger partial charge in [0.15, 0.2) is 6.61 Å². The molecule has 1 aliphatic rings. The van der Waals surface area contributed by atoms with E-state index in [9.17, 15) is 4.79 Å². The van der Waals surface area contributed by atoms with Crippen LogP contribution in [0, 0.1) is 11.3 Å². The number of hydrogen-bond donors (Lipinski definition) is 2. The van der Waals surface area contributed by atoms with Crippen molar-refractivity contribution in [1.29, 1.82) is 5.26 Å². The molecule has 0 unspecified atom stereocenters. The Labute approximate surface area is 116 Å². The smallest absolute Gasteiger partial charge is 0.257 e. The number of carbonyl (C=O) groups is 1. The Kier molecular flexibility index (Phi) is 4.56. The molecule has 1 aliphatic carbocycles. The van der Waals surface area contributed by atoms with Gasteiger partial charge in [-0.15, -0.1) is 0 Å². The highest BCUT2D eigenvalue weighted by Gasteiger charge is 2.21. The van der Waals surface area contributed by atoms with Crippen molar-refractivity contribution < 1.29 is 14.7 Å². The molecule has 2 rings (SSSR count). The molecule has 0 radical (unpaired) electrons. The lowest BCUT2D eigenvalue weighted by Gasteiger charge is -2.10. The number of oxime groups is 1. The maximum atomic E-state index is 11.5. The van der Waals surface area contributed by atoms with E-state index in [0.29, 0.717) is 24.4 Å². The molecule has 0 saturated carbocycles. The second kappa shape index (κ2) is 6.57. The predicted octanol–water partition coefficient (Wildman–Crippen LogP) is 1.22. The maximum absolute atomic E-state index is 11.5. The lowest BCUT2D eigenvalue weighted by atomic mass is 10.1. The first kappa shape index (κ1) is 13.9. The minimum atomic E-state index is -0.258. The van der Waals surface area contributed by atoms with E-state index in [1.807, 2.05) is 12.1 Å². The molecule has 0 saturated heterocycles. The highest BCUT2D eigenvalue weighted by Crippen LogP contribution is 2.30. The number of benzene rings is 1. The van der Waals surface area contributed by atoms with Gasteiger partial charge >= 0.3 is 0 Å². The monoisotopic (exact) mass is 273 g/mol. The van der Waals surface area contributed by atoms with Crippen molar-refractivity contribution in [3.05, 3.63) is 29.3 Å². The fourth-order valence-electron chi connectivity index (χ4n) is 2.16. The largest absolute Gasteiger partial charge is 0.483 e. The summed E-state index contributed by atoms with van der Waals surface area (Å²) in [5.41, 5.74) is 2.48. The summed E-state index contributed by atoms with van der Waals surface area (Å²) in [6.45, 7) is 0.236. The zero-order valence-corrected chi connectivity index (χ0v) is 10.9. The van der Waals surface area contributed by atoms with Gasteiger partial charge in [0.05, 0.1) is 18.2 Å². The summed E-state index contributed by atoms with van der Waals surface area (Å²) in [6, 6.07) is 7.42. The first-order valence-electron chi connectivity index (χ1n) is 6.36. The zero-order valence-electron chi connectivity index (χ0n) is 10.9. The Bertz CT molecular complexity index is 576. The van der Waals surface area contributed by atoms with Crippen LogP contribution in [0.3, 0.4) is 0 Å². The van der Waals surface area contributed by atoms with Crippen molar-refractivity contribution in [2.24, 2.45) is 5.16 Å². The van der Waals surface area contributed by atoms with Gasteiger partial charge in [0.1, 0.15) is 5.75 Å². The summed E-state index contributed by atoms with van der Waals surface area (Å²) in [5, 5.41) is 23.1. The van der Waals surface area contributed by atoms with E-state index in [1.165, 1.54) is 0 Å². The van der Waals surface area contributed by atoms with Gasteiger partial charge in [0.25, 0.3) is 5.91 Å². The molecule has 0 heterocycles. The Morgan fingerprint density at radius 2 is 2.35 bits per heavy atom. The van der Waals surface area contributed by atoms with Crippen molar-refractivity contribution in [3.8, 4) is 11.8 Å². The van der Waals surface area contributed by atoms with Crippen LogP contribution in [0.25, 0.3) is 0 Å². The molecule has 1 aromatic carbocycles. The van der Waals surface area contributed by atoms with Crippen LogP contribution in [0.1, 0.15) is 24.0 Å². The third-order valence-corrected chi connectivity index (χ3v) is 3.09. The number of nitriles is 1. The molecule has 0 bridgehead atoms. The molecular formula is C14H15N3O3. The molecule has 1 amide bonds. The topological polar surface area (TPSA) is 94.7 Å². The summed E-state index contributed by atoms with van der Waals surface area (Å²) in [7, 11) is 0. The molecule has 0 fully saturated rings. The summed E-state index contributed by atoms with van der Waals surface area (Å²) in [4.78, 5) is 11.5. The van der Waals surface area contributed by atoms with Crippen LogP contribution in [0.5, 0.6) is 5.75 Å². The molecule has 0 atom stereocenters. The van der Waals surface area contributed by atoms with Crippen molar-refractivity contribution in [3.63, 3.8) is 0 Å². The van der Waals surface area contributed by atoms with Crippen LogP contribution in [0.4, 0.5) is 0 Å². The van der Waals surface area contributed by atoms with Gasteiger partial charge in [-0.05, 0) is 18.9 Å².